The Bertz CT molecular complexity index is 470. The van der Waals surface area contributed by atoms with Crippen LogP contribution in [0.15, 0.2) is 28.9 Å². The van der Waals surface area contributed by atoms with Crippen molar-refractivity contribution < 1.29 is 0 Å². The largest absolute Gasteiger partial charge is 0.398 e. The molecule has 2 aromatic rings. The van der Waals surface area contributed by atoms with E-state index in [0.717, 1.165) is 24.6 Å². The Kier molecular flexibility index (Phi) is 2.42. The molecule has 66 valence electrons. The van der Waals surface area contributed by atoms with Gasteiger partial charge in [-0.1, -0.05) is 22.0 Å². The molecule has 1 heterocycles. The molecule has 2 rings (SSSR count). The first-order chi connectivity index (χ1) is 6.20. The van der Waals surface area contributed by atoms with Crippen LogP contribution >= 0.6 is 38.5 Å². The number of benzene rings is 1. The maximum absolute atomic E-state index is 5.81. The lowest BCUT2D eigenvalue weighted by molar-refractivity contribution is 1.40. The highest BCUT2D eigenvalue weighted by atomic mass is 127. The van der Waals surface area contributed by atoms with Crippen LogP contribution in [0.25, 0.3) is 10.9 Å². The van der Waals surface area contributed by atoms with E-state index in [1.807, 2.05) is 18.2 Å². The molecule has 0 spiro atoms. The van der Waals surface area contributed by atoms with Crippen LogP contribution in [-0.2, 0) is 0 Å². The summed E-state index contributed by atoms with van der Waals surface area (Å²) in [5.41, 5.74) is 7.53. The zero-order valence-corrected chi connectivity index (χ0v) is 10.3. The first-order valence-corrected chi connectivity index (χ1v) is 5.55. The molecule has 0 radical (unpaired) electrons. The summed E-state index contributed by atoms with van der Waals surface area (Å²) in [4.78, 5) is 4.28. The van der Waals surface area contributed by atoms with Gasteiger partial charge in [0.2, 0.25) is 0 Å². The third-order valence-electron chi connectivity index (χ3n) is 1.81. The minimum Gasteiger partial charge on any atom is -0.398 e. The van der Waals surface area contributed by atoms with Gasteiger partial charge >= 0.3 is 0 Å². The van der Waals surface area contributed by atoms with Crippen molar-refractivity contribution in [1.82, 2.24) is 4.98 Å². The van der Waals surface area contributed by atoms with Gasteiger partial charge in [-0.15, -0.1) is 0 Å². The van der Waals surface area contributed by atoms with Gasteiger partial charge in [0, 0.05) is 21.7 Å². The van der Waals surface area contributed by atoms with Crippen molar-refractivity contribution in [3.05, 3.63) is 32.4 Å². The Labute approximate surface area is 97.8 Å². The molecule has 0 amide bonds. The Morgan fingerprint density at radius 1 is 1.46 bits per heavy atom. The maximum Gasteiger partial charge on any atom is 0.0867 e. The number of hydrogen-bond donors (Lipinski definition) is 1. The first-order valence-electron chi connectivity index (χ1n) is 3.68. The van der Waals surface area contributed by atoms with Crippen LogP contribution in [0.2, 0.25) is 0 Å². The Balaban J connectivity index is 2.97. The lowest BCUT2D eigenvalue weighted by atomic mass is 10.2. The number of rotatable bonds is 0. The van der Waals surface area contributed by atoms with E-state index in [1.54, 1.807) is 6.20 Å². The zero-order valence-electron chi connectivity index (χ0n) is 6.59. The topological polar surface area (TPSA) is 38.9 Å². The number of hydrogen-bond acceptors (Lipinski definition) is 2. The molecule has 2 N–H and O–H groups in total. The average molecular weight is 349 g/mol. The number of halogens is 2. The highest BCUT2D eigenvalue weighted by Gasteiger charge is 2.06. The average Bonchev–Trinajstić information content (AvgIpc) is 2.15. The van der Waals surface area contributed by atoms with E-state index in [-0.39, 0.29) is 0 Å². The summed E-state index contributed by atoms with van der Waals surface area (Å²) < 4.78 is 2.00. The number of pyridine rings is 1. The summed E-state index contributed by atoms with van der Waals surface area (Å²) in [6.45, 7) is 0. The highest BCUT2D eigenvalue weighted by molar-refractivity contribution is 14.1. The van der Waals surface area contributed by atoms with Crippen LogP contribution in [0, 0.1) is 3.57 Å². The van der Waals surface area contributed by atoms with E-state index in [2.05, 4.69) is 43.5 Å². The van der Waals surface area contributed by atoms with Gasteiger partial charge in [0.25, 0.3) is 0 Å². The van der Waals surface area contributed by atoms with E-state index in [0.29, 0.717) is 0 Å². The number of aromatic nitrogens is 1. The molecule has 1 aromatic heterocycles. The molecule has 1 aromatic carbocycles. The first kappa shape index (κ1) is 9.21. The van der Waals surface area contributed by atoms with Gasteiger partial charge in [-0.2, -0.15) is 0 Å². The molecular formula is C9H6BrIN2. The van der Waals surface area contributed by atoms with Gasteiger partial charge in [-0.3, -0.25) is 4.98 Å². The van der Waals surface area contributed by atoms with E-state index in [4.69, 9.17) is 5.73 Å². The molecule has 13 heavy (non-hydrogen) atoms. The molecule has 0 fully saturated rings. The number of fused-ring (bicyclic) bond motifs is 1. The summed E-state index contributed by atoms with van der Waals surface area (Å²) in [5, 5.41) is 1.10. The number of nitrogen functional groups attached to an aromatic ring is 1. The second-order valence-corrected chi connectivity index (χ2v) is 4.59. The van der Waals surface area contributed by atoms with Gasteiger partial charge in [0.15, 0.2) is 0 Å². The van der Waals surface area contributed by atoms with Crippen LogP contribution in [0.3, 0.4) is 0 Å². The summed E-state index contributed by atoms with van der Waals surface area (Å²) >= 11 is 5.67. The van der Waals surface area contributed by atoms with Gasteiger partial charge < -0.3 is 5.73 Å². The third kappa shape index (κ3) is 1.52. The third-order valence-corrected chi connectivity index (χ3v) is 3.60. The van der Waals surface area contributed by atoms with Gasteiger partial charge in [0.1, 0.15) is 0 Å². The van der Waals surface area contributed by atoms with Crippen LogP contribution in [0.5, 0.6) is 0 Å². The number of nitrogens with zero attached hydrogens (tertiary/aromatic N) is 1. The molecule has 0 unspecified atom stereocenters. The molecule has 4 heteroatoms. The second-order valence-electron chi connectivity index (χ2n) is 2.66. The predicted octanol–water partition coefficient (Wildman–Crippen LogP) is 3.18. The second kappa shape index (κ2) is 3.42. The maximum atomic E-state index is 5.81. The molecule has 2 nitrogen and oxygen atoms in total. The zero-order chi connectivity index (χ0) is 9.42. The summed E-state index contributed by atoms with van der Waals surface area (Å²) in [5.74, 6) is 0. The van der Waals surface area contributed by atoms with E-state index >= 15 is 0 Å². The predicted molar refractivity (Wildman–Crippen MR) is 66.6 cm³/mol. The molecule has 0 bridgehead atoms. The monoisotopic (exact) mass is 348 g/mol. The van der Waals surface area contributed by atoms with Crippen molar-refractivity contribution in [2.24, 2.45) is 0 Å². The fourth-order valence-corrected chi connectivity index (χ4v) is 2.34. The van der Waals surface area contributed by atoms with Gasteiger partial charge in [-0.05, 0) is 34.7 Å². The summed E-state index contributed by atoms with van der Waals surface area (Å²) in [6.07, 6.45) is 1.77. The standard InChI is InChI=1S/C9H6BrIN2/c10-6-4-7(12)8(11)9-5(6)2-1-3-13-9/h1-4H,12H2. The lowest BCUT2D eigenvalue weighted by Gasteiger charge is -2.04. The van der Waals surface area contributed by atoms with Crippen molar-refractivity contribution in [2.45, 2.75) is 0 Å². The Hall–Kier alpha value is -0.360. The van der Waals surface area contributed by atoms with E-state index in [1.165, 1.54) is 0 Å². The SMILES string of the molecule is Nc1cc(Br)c2cccnc2c1I. The van der Waals surface area contributed by atoms with Gasteiger partial charge in [0.05, 0.1) is 9.09 Å². The molecule has 0 atom stereocenters. The van der Waals surface area contributed by atoms with Crippen molar-refractivity contribution >= 4 is 55.1 Å². The van der Waals surface area contributed by atoms with Crippen LogP contribution in [-0.4, -0.2) is 4.98 Å². The molecule has 0 aliphatic rings. The molecule has 0 aliphatic heterocycles. The molecule has 0 saturated heterocycles. The lowest BCUT2D eigenvalue weighted by Crippen LogP contribution is -1.92. The van der Waals surface area contributed by atoms with Crippen molar-refractivity contribution in [3.63, 3.8) is 0 Å². The normalized spacial score (nSPS) is 10.6. The van der Waals surface area contributed by atoms with Gasteiger partial charge in [-0.25, -0.2) is 0 Å². The van der Waals surface area contributed by atoms with Crippen molar-refractivity contribution in [3.8, 4) is 0 Å². The fourth-order valence-electron chi connectivity index (χ4n) is 1.19. The minimum atomic E-state index is 0.763. The van der Waals surface area contributed by atoms with E-state index < -0.39 is 0 Å². The number of nitrogens with two attached hydrogens (primary N) is 1. The Morgan fingerprint density at radius 2 is 2.23 bits per heavy atom. The number of anilines is 1. The van der Waals surface area contributed by atoms with E-state index in [9.17, 15) is 0 Å². The highest BCUT2D eigenvalue weighted by Crippen LogP contribution is 2.30. The summed E-state index contributed by atoms with van der Waals surface area (Å²) in [6, 6.07) is 5.85. The molecular weight excluding hydrogens is 343 g/mol. The van der Waals surface area contributed by atoms with Crippen LogP contribution < -0.4 is 5.73 Å². The van der Waals surface area contributed by atoms with Crippen molar-refractivity contribution in [2.75, 3.05) is 5.73 Å². The van der Waals surface area contributed by atoms with Crippen LogP contribution in [0.1, 0.15) is 0 Å². The molecule has 0 saturated carbocycles. The van der Waals surface area contributed by atoms with Crippen molar-refractivity contribution in [1.29, 1.82) is 0 Å². The minimum absolute atomic E-state index is 0.763. The quantitative estimate of drug-likeness (QED) is 0.586. The fraction of sp³-hybridized carbons (Fsp3) is 0. The Morgan fingerprint density at radius 3 is 3.00 bits per heavy atom. The summed E-state index contributed by atoms with van der Waals surface area (Å²) in [7, 11) is 0. The smallest absolute Gasteiger partial charge is 0.0867 e. The van der Waals surface area contributed by atoms with Crippen LogP contribution in [0.4, 0.5) is 5.69 Å². The molecule has 0 aliphatic carbocycles.